The molecule has 8 heavy (non-hydrogen) atoms. The van der Waals surface area contributed by atoms with Gasteiger partial charge < -0.3 is 0 Å². The van der Waals surface area contributed by atoms with Crippen LogP contribution in [0, 0.1) is 0 Å². The molecule has 1 N–H and O–H groups in total. The van der Waals surface area contributed by atoms with Crippen LogP contribution in [0.4, 0.5) is 0 Å². The van der Waals surface area contributed by atoms with Crippen molar-refractivity contribution in [1.82, 2.24) is 0 Å². The van der Waals surface area contributed by atoms with Crippen molar-refractivity contribution in [2.75, 3.05) is 5.75 Å². The zero-order valence-electron chi connectivity index (χ0n) is 4.23. The second-order valence-electron chi connectivity index (χ2n) is 0.787. The van der Waals surface area contributed by atoms with Crippen LogP contribution in [0.25, 0.3) is 0 Å². The highest BCUT2D eigenvalue weighted by Crippen LogP contribution is 2.32. The smallest absolute Gasteiger partial charge is 0.133 e. The van der Waals surface area contributed by atoms with Crippen LogP contribution in [-0.4, -0.2) is 10.6 Å². The molecule has 0 saturated heterocycles. The van der Waals surface area contributed by atoms with Crippen LogP contribution in [0.15, 0.2) is 0 Å². The molecular formula is C2H6O3PS2+. The monoisotopic (exact) mass is 173 g/mol. The standard InChI is InChI=1S/C2H5O3PS2/c1-2-7-8-5-6(3)4/h2H2,1H3/p+1. The molecule has 0 bridgehead atoms. The van der Waals surface area contributed by atoms with Crippen LogP contribution in [-0.2, 0) is 8.54 Å². The summed E-state index contributed by atoms with van der Waals surface area (Å²) in [4.78, 5) is 8.03. The van der Waals surface area contributed by atoms with Crippen LogP contribution >= 0.6 is 30.1 Å². The van der Waals surface area contributed by atoms with Crippen molar-refractivity contribution in [3.05, 3.63) is 0 Å². The average Bonchev–Trinajstić information content (AvgIpc) is 1.66. The summed E-state index contributed by atoms with van der Waals surface area (Å²) in [5, 5.41) is 0. The highest BCUT2D eigenvalue weighted by atomic mass is 33.1. The lowest BCUT2D eigenvalue weighted by molar-refractivity contribution is 0.434. The quantitative estimate of drug-likeness (QED) is 0.305. The van der Waals surface area contributed by atoms with Gasteiger partial charge in [-0.2, -0.15) is 0 Å². The third-order valence-corrected chi connectivity index (χ3v) is 2.89. The van der Waals surface area contributed by atoms with E-state index >= 15 is 0 Å². The first-order valence-corrected chi connectivity index (χ1v) is 5.27. The molecular weight excluding hydrogens is 167 g/mol. The molecule has 0 radical (unpaired) electrons. The zero-order chi connectivity index (χ0) is 6.41. The first-order valence-electron chi connectivity index (χ1n) is 1.89. The normalized spacial score (nSPS) is 11.5. The van der Waals surface area contributed by atoms with Crippen molar-refractivity contribution in [2.24, 2.45) is 0 Å². The van der Waals surface area contributed by atoms with Crippen molar-refractivity contribution in [2.45, 2.75) is 6.92 Å². The van der Waals surface area contributed by atoms with E-state index in [1.54, 1.807) is 0 Å². The van der Waals surface area contributed by atoms with E-state index in [1.807, 2.05) is 6.92 Å². The second kappa shape index (κ2) is 5.85. The highest BCUT2D eigenvalue weighted by molar-refractivity contribution is 8.75. The Morgan fingerprint density at radius 1 is 1.88 bits per heavy atom. The van der Waals surface area contributed by atoms with E-state index in [-0.39, 0.29) is 0 Å². The summed E-state index contributed by atoms with van der Waals surface area (Å²) in [6.45, 7) is 1.94. The predicted octanol–water partition coefficient (Wildman–Crippen LogP) is 1.97. The summed E-state index contributed by atoms with van der Waals surface area (Å²) in [5.41, 5.74) is 0. The van der Waals surface area contributed by atoms with Crippen molar-refractivity contribution in [3.63, 3.8) is 0 Å². The highest BCUT2D eigenvalue weighted by Gasteiger charge is 2.11. The van der Waals surface area contributed by atoms with Gasteiger partial charge in [0.1, 0.15) is 11.1 Å². The summed E-state index contributed by atoms with van der Waals surface area (Å²) in [6, 6.07) is 0. The van der Waals surface area contributed by atoms with Gasteiger partial charge >= 0.3 is 8.25 Å². The number of hydrogen-bond acceptors (Lipinski definition) is 4. The Morgan fingerprint density at radius 3 is 2.88 bits per heavy atom. The van der Waals surface area contributed by atoms with E-state index in [9.17, 15) is 4.57 Å². The van der Waals surface area contributed by atoms with Gasteiger partial charge in [0.05, 0.1) is 0 Å². The summed E-state index contributed by atoms with van der Waals surface area (Å²) < 4.78 is 14.0. The Bertz CT molecular complexity index is 77.7. The molecule has 0 saturated carbocycles. The molecule has 0 aromatic heterocycles. The third-order valence-electron chi connectivity index (χ3n) is 0.260. The van der Waals surface area contributed by atoms with Crippen LogP contribution in [0.1, 0.15) is 6.92 Å². The molecule has 6 heteroatoms. The third kappa shape index (κ3) is 6.72. The van der Waals surface area contributed by atoms with E-state index in [1.165, 1.54) is 10.8 Å². The molecule has 1 atom stereocenters. The largest absolute Gasteiger partial charge is 0.708 e. The van der Waals surface area contributed by atoms with Gasteiger partial charge in [0.2, 0.25) is 0 Å². The summed E-state index contributed by atoms with van der Waals surface area (Å²) in [5.74, 6) is 0.869. The molecule has 3 nitrogen and oxygen atoms in total. The van der Waals surface area contributed by atoms with E-state index in [4.69, 9.17) is 4.89 Å². The Balaban J connectivity index is 2.82. The lowest BCUT2D eigenvalue weighted by atomic mass is 11.0. The summed E-state index contributed by atoms with van der Waals surface area (Å²) in [6.07, 6.45) is 0. The molecule has 0 spiro atoms. The predicted molar refractivity (Wildman–Crippen MR) is 36.6 cm³/mol. The lowest BCUT2D eigenvalue weighted by Crippen LogP contribution is -1.60. The van der Waals surface area contributed by atoms with Gasteiger partial charge in [-0.15, -0.1) is 4.89 Å². The Morgan fingerprint density at radius 2 is 2.50 bits per heavy atom. The first-order chi connectivity index (χ1) is 3.77. The van der Waals surface area contributed by atoms with Gasteiger partial charge in [0, 0.05) is 10.3 Å². The van der Waals surface area contributed by atoms with Crippen molar-refractivity contribution in [3.8, 4) is 0 Å². The molecule has 0 heterocycles. The molecule has 0 amide bonds. The lowest BCUT2D eigenvalue weighted by Gasteiger charge is -1.80. The van der Waals surface area contributed by atoms with E-state index in [2.05, 4.69) is 3.97 Å². The minimum Gasteiger partial charge on any atom is -0.133 e. The maximum absolute atomic E-state index is 9.77. The Labute approximate surface area is 56.7 Å². The molecule has 0 aromatic carbocycles. The Hall–Kier alpha value is 0.720. The second-order valence-corrected chi connectivity index (χ2v) is 3.92. The maximum Gasteiger partial charge on any atom is 0.708 e. The van der Waals surface area contributed by atoms with Crippen molar-refractivity contribution >= 4 is 30.1 Å². The van der Waals surface area contributed by atoms with Gasteiger partial charge in [-0.25, -0.2) is 0 Å². The molecule has 0 aromatic rings. The van der Waals surface area contributed by atoms with Gasteiger partial charge in [-0.3, -0.25) is 0 Å². The molecule has 0 rings (SSSR count). The van der Waals surface area contributed by atoms with E-state index in [0.717, 1.165) is 16.8 Å². The average molecular weight is 173 g/mol. The van der Waals surface area contributed by atoms with Crippen molar-refractivity contribution < 1.29 is 13.4 Å². The minimum absolute atomic E-state index is 0.869. The number of rotatable bonds is 4. The first kappa shape index (κ1) is 8.72. The number of hydrogen-bond donors (Lipinski definition) is 1. The fraction of sp³-hybridized carbons (Fsp3) is 1.00. The Kier molecular flexibility index (Phi) is 6.38. The van der Waals surface area contributed by atoms with Gasteiger partial charge in [0.25, 0.3) is 0 Å². The SMILES string of the molecule is CCSSO[P+](=O)O. The molecule has 0 aliphatic heterocycles. The van der Waals surface area contributed by atoms with Crippen molar-refractivity contribution in [1.29, 1.82) is 0 Å². The maximum atomic E-state index is 9.77. The van der Waals surface area contributed by atoms with E-state index < -0.39 is 8.25 Å². The van der Waals surface area contributed by atoms with Crippen LogP contribution in [0.5, 0.6) is 0 Å². The summed E-state index contributed by atoms with van der Waals surface area (Å²) >= 11 is 0.944. The molecule has 1 unspecified atom stereocenters. The van der Waals surface area contributed by atoms with Gasteiger partial charge in [-0.1, -0.05) is 17.7 Å². The van der Waals surface area contributed by atoms with Crippen LogP contribution < -0.4 is 0 Å². The summed E-state index contributed by atoms with van der Waals surface area (Å²) in [7, 11) is -1.03. The molecule has 0 fully saturated rings. The zero-order valence-corrected chi connectivity index (χ0v) is 6.76. The van der Waals surface area contributed by atoms with Crippen LogP contribution in [0.3, 0.4) is 0 Å². The molecule has 48 valence electrons. The topological polar surface area (TPSA) is 46.5 Å². The van der Waals surface area contributed by atoms with Gasteiger partial charge in [-0.05, 0) is 3.97 Å². The van der Waals surface area contributed by atoms with E-state index in [0.29, 0.717) is 0 Å². The fourth-order valence-corrected chi connectivity index (χ4v) is 1.72. The fourth-order valence-electron chi connectivity index (χ4n) is 0.0957. The molecule has 0 aliphatic rings. The van der Waals surface area contributed by atoms with Crippen LogP contribution in [0.2, 0.25) is 0 Å². The van der Waals surface area contributed by atoms with Gasteiger partial charge in [0.15, 0.2) is 0 Å². The minimum atomic E-state index is -2.42. The molecule has 0 aliphatic carbocycles.